The molecule has 2 aromatic rings. The molecule has 0 aliphatic rings. The summed E-state index contributed by atoms with van der Waals surface area (Å²) < 4.78 is 0. The topological polar surface area (TPSA) is 72.1 Å². The first-order valence-corrected chi connectivity index (χ1v) is 7.09. The van der Waals surface area contributed by atoms with Crippen molar-refractivity contribution < 1.29 is 4.79 Å². The third-order valence-electron chi connectivity index (χ3n) is 2.75. The largest absolute Gasteiger partial charge is 0.399 e. The van der Waals surface area contributed by atoms with Crippen LogP contribution in [-0.4, -0.2) is 28.7 Å². The summed E-state index contributed by atoms with van der Waals surface area (Å²) in [6.07, 6.45) is 1.69. The molecule has 0 bridgehead atoms. The van der Waals surface area contributed by atoms with Crippen molar-refractivity contribution in [1.82, 2.24) is 9.97 Å². The van der Waals surface area contributed by atoms with Gasteiger partial charge in [0.15, 0.2) is 5.16 Å². The number of hydrogen-bond donors (Lipinski definition) is 1. The fourth-order valence-corrected chi connectivity index (χ4v) is 2.35. The summed E-state index contributed by atoms with van der Waals surface area (Å²) in [5.74, 6) is 0.287. The van der Waals surface area contributed by atoms with Crippen LogP contribution in [0.2, 0.25) is 0 Å². The molecular formula is C14H16N4OS. The van der Waals surface area contributed by atoms with Crippen LogP contribution in [0, 0.1) is 6.92 Å². The molecule has 5 nitrogen and oxygen atoms in total. The van der Waals surface area contributed by atoms with Crippen LogP contribution in [0.4, 0.5) is 11.4 Å². The number of anilines is 2. The van der Waals surface area contributed by atoms with Gasteiger partial charge in [0.25, 0.3) is 0 Å². The van der Waals surface area contributed by atoms with Gasteiger partial charge in [0.05, 0.1) is 5.75 Å². The number of carbonyl (C=O) groups is 1. The number of thioether (sulfide) groups is 1. The highest BCUT2D eigenvalue weighted by molar-refractivity contribution is 7.99. The van der Waals surface area contributed by atoms with Crippen LogP contribution in [0.25, 0.3) is 0 Å². The number of aromatic nitrogens is 2. The molecule has 2 rings (SSSR count). The molecule has 2 N–H and O–H groups in total. The molecule has 0 aliphatic heterocycles. The predicted molar refractivity (Wildman–Crippen MR) is 81.8 cm³/mol. The molecule has 6 heteroatoms. The first kappa shape index (κ1) is 14.3. The summed E-state index contributed by atoms with van der Waals surface area (Å²) in [7, 11) is 1.74. The van der Waals surface area contributed by atoms with Gasteiger partial charge in [-0.25, -0.2) is 9.97 Å². The number of rotatable bonds is 4. The Morgan fingerprint density at radius 1 is 1.30 bits per heavy atom. The van der Waals surface area contributed by atoms with Gasteiger partial charge in [0.1, 0.15) is 0 Å². The first-order valence-electron chi connectivity index (χ1n) is 6.11. The third kappa shape index (κ3) is 3.71. The maximum atomic E-state index is 12.1. The van der Waals surface area contributed by atoms with Gasteiger partial charge in [0.2, 0.25) is 5.91 Å². The summed E-state index contributed by atoms with van der Waals surface area (Å²) in [6, 6.07) is 9.01. The number of nitrogens with two attached hydrogens (primary N) is 1. The van der Waals surface area contributed by atoms with Crippen LogP contribution in [0.5, 0.6) is 0 Å². The Kier molecular flexibility index (Phi) is 4.57. The van der Waals surface area contributed by atoms with Crippen molar-refractivity contribution in [3.63, 3.8) is 0 Å². The third-order valence-corrected chi connectivity index (χ3v) is 3.60. The molecule has 1 aromatic heterocycles. The Balaban J connectivity index is 1.96. The summed E-state index contributed by atoms with van der Waals surface area (Å²) in [6.45, 7) is 1.90. The average Bonchev–Trinajstić information content (AvgIpc) is 2.45. The van der Waals surface area contributed by atoms with E-state index in [1.165, 1.54) is 11.8 Å². The highest BCUT2D eigenvalue weighted by atomic mass is 32.2. The minimum absolute atomic E-state index is 0.00937. The van der Waals surface area contributed by atoms with Crippen molar-refractivity contribution in [3.05, 3.63) is 42.2 Å². The van der Waals surface area contributed by atoms with Crippen LogP contribution < -0.4 is 10.6 Å². The van der Waals surface area contributed by atoms with Gasteiger partial charge in [-0.3, -0.25) is 4.79 Å². The summed E-state index contributed by atoms with van der Waals surface area (Å²) >= 11 is 1.33. The van der Waals surface area contributed by atoms with E-state index in [9.17, 15) is 4.79 Å². The van der Waals surface area contributed by atoms with E-state index in [0.717, 1.165) is 11.4 Å². The fourth-order valence-electron chi connectivity index (χ4n) is 1.56. The second-order valence-corrected chi connectivity index (χ2v) is 5.26. The van der Waals surface area contributed by atoms with Gasteiger partial charge in [-0.05, 0) is 37.3 Å². The summed E-state index contributed by atoms with van der Waals surface area (Å²) in [4.78, 5) is 22.1. The molecule has 1 heterocycles. The SMILES string of the molecule is Cc1ccnc(SCC(=O)N(C)c2ccc(N)cc2)n1. The minimum Gasteiger partial charge on any atom is -0.399 e. The maximum Gasteiger partial charge on any atom is 0.237 e. The van der Waals surface area contributed by atoms with E-state index in [-0.39, 0.29) is 5.91 Å². The van der Waals surface area contributed by atoms with Crippen molar-refractivity contribution >= 4 is 29.0 Å². The normalized spacial score (nSPS) is 10.3. The van der Waals surface area contributed by atoms with Crippen molar-refractivity contribution in [3.8, 4) is 0 Å². The molecular weight excluding hydrogens is 272 g/mol. The smallest absolute Gasteiger partial charge is 0.237 e. The molecule has 0 radical (unpaired) electrons. The van der Waals surface area contributed by atoms with Crippen molar-refractivity contribution in [2.75, 3.05) is 23.4 Å². The quantitative estimate of drug-likeness (QED) is 0.530. The number of amides is 1. The lowest BCUT2D eigenvalue weighted by atomic mass is 10.2. The Morgan fingerprint density at radius 3 is 2.65 bits per heavy atom. The number of hydrogen-bond acceptors (Lipinski definition) is 5. The van der Waals surface area contributed by atoms with Gasteiger partial charge in [-0.2, -0.15) is 0 Å². The van der Waals surface area contributed by atoms with Crippen LogP contribution in [0.15, 0.2) is 41.7 Å². The average molecular weight is 288 g/mol. The maximum absolute atomic E-state index is 12.1. The molecule has 0 aliphatic carbocycles. The monoisotopic (exact) mass is 288 g/mol. The molecule has 104 valence electrons. The van der Waals surface area contributed by atoms with Gasteiger partial charge in [0, 0.05) is 30.3 Å². The Hall–Kier alpha value is -2.08. The number of nitrogen functional groups attached to an aromatic ring is 1. The first-order chi connectivity index (χ1) is 9.56. The van der Waals surface area contributed by atoms with Crippen LogP contribution in [-0.2, 0) is 4.79 Å². The standard InChI is InChI=1S/C14H16N4OS/c1-10-7-8-16-14(17-10)20-9-13(19)18(2)12-5-3-11(15)4-6-12/h3-8H,9,15H2,1-2H3. The molecule has 0 saturated heterocycles. The fraction of sp³-hybridized carbons (Fsp3) is 0.214. The van der Waals surface area contributed by atoms with E-state index < -0.39 is 0 Å². The zero-order chi connectivity index (χ0) is 14.5. The van der Waals surface area contributed by atoms with Gasteiger partial charge >= 0.3 is 0 Å². The van der Waals surface area contributed by atoms with Gasteiger partial charge in [-0.1, -0.05) is 11.8 Å². The minimum atomic E-state index is -0.00937. The second kappa shape index (κ2) is 6.38. The van der Waals surface area contributed by atoms with Gasteiger partial charge < -0.3 is 10.6 Å². The zero-order valence-electron chi connectivity index (χ0n) is 11.4. The zero-order valence-corrected chi connectivity index (χ0v) is 12.2. The van der Waals surface area contributed by atoms with Crippen LogP contribution in [0.1, 0.15) is 5.69 Å². The number of carbonyl (C=O) groups excluding carboxylic acids is 1. The Labute approximate surface area is 122 Å². The Bertz CT molecular complexity index is 600. The molecule has 0 spiro atoms. The molecule has 0 atom stereocenters. The van der Waals surface area contributed by atoms with E-state index in [1.54, 1.807) is 30.3 Å². The van der Waals surface area contributed by atoms with E-state index in [4.69, 9.17) is 5.73 Å². The molecule has 1 amide bonds. The van der Waals surface area contributed by atoms with E-state index in [1.807, 2.05) is 25.1 Å². The lowest BCUT2D eigenvalue weighted by Gasteiger charge is -2.17. The van der Waals surface area contributed by atoms with E-state index in [0.29, 0.717) is 16.6 Å². The van der Waals surface area contributed by atoms with Crippen LogP contribution >= 0.6 is 11.8 Å². The van der Waals surface area contributed by atoms with Gasteiger partial charge in [-0.15, -0.1) is 0 Å². The van der Waals surface area contributed by atoms with E-state index >= 15 is 0 Å². The summed E-state index contributed by atoms with van der Waals surface area (Å²) in [5.41, 5.74) is 8.01. The molecule has 1 aromatic carbocycles. The molecule has 0 unspecified atom stereocenters. The van der Waals surface area contributed by atoms with Crippen molar-refractivity contribution in [2.24, 2.45) is 0 Å². The Morgan fingerprint density at radius 2 is 2.00 bits per heavy atom. The predicted octanol–water partition coefficient (Wildman–Crippen LogP) is 2.12. The number of nitrogens with zero attached hydrogens (tertiary/aromatic N) is 3. The van der Waals surface area contributed by atoms with E-state index in [2.05, 4.69) is 9.97 Å². The van der Waals surface area contributed by atoms with Crippen molar-refractivity contribution in [1.29, 1.82) is 0 Å². The summed E-state index contributed by atoms with van der Waals surface area (Å²) in [5, 5.41) is 0.615. The number of aryl methyl sites for hydroxylation is 1. The van der Waals surface area contributed by atoms with Crippen LogP contribution in [0.3, 0.4) is 0 Å². The highest BCUT2D eigenvalue weighted by Gasteiger charge is 2.12. The molecule has 0 saturated carbocycles. The lowest BCUT2D eigenvalue weighted by molar-refractivity contribution is -0.115. The highest BCUT2D eigenvalue weighted by Crippen LogP contribution is 2.18. The van der Waals surface area contributed by atoms with Crippen molar-refractivity contribution in [2.45, 2.75) is 12.1 Å². The number of benzene rings is 1. The molecule has 20 heavy (non-hydrogen) atoms. The second-order valence-electron chi connectivity index (χ2n) is 4.31. The molecule has 0 fully saturated rings. The lowest BCUT2D eigenvalue weighted by Crippen LogP contribution is -2.27.